The first kappa shape index (κ1) is 20.8. The molecule has 8 heteroatoms. The Bertz CT molecular complexity index is 1090. The van der Waals surface area contributed by atoms with Gasteiger partial charge in [-0.25, -0.2) is 4.98 Å². The monoisotopic (exact) mass is 451 g/mol. The molecule has 7 nitrogen and oxygen atoms in total. The Morgan fingerprint density at radius 1 is 1.09 bits per heavy atom. The molecule has 0 aliphatic carbocycles. The van der Waals surface area contributed by atoms with Crippen molar-refractivity contribution in [3.8, 4) is 10.9 Å². The van der Waals surface area contributed by atoms with Gasteiger partial charge in [0, 0.05) is 44.6 Å². The van der Waals surface area contributed by atoms with Crippen molar-refractivity contribution in [3.05, 3.63) is 48.5 Å². The standard InChI is InChI=1S/C24H25N3O4S/c1-30-18-8-6-17(7-9-18)27-15-16(14-22(27)28)23(29)26-12-10-19(11-13-26)31-24-25-20-4-2-3-5-21(20)32-24/h2-9,16,19H,10-15H2,1H3. The number of carbonyl (C=O) groups is 2. The fraction of sp³-hybridized carbons (Fsp3) is 0.375. The molecule has 2 saturated heterocycles. The second-order valence-corrected chi connectivity index (χ2v) is 9.19. The van der Waals surface area contributed by atoms with Crippen LogP contribution in [-0.2, 0) is 9.59 Å². The number of methoxy groups -OCH3 is 1. The summed E-state index contributed by atoms with van der Waals surface area (Å²) < 4.78 is 12.4. The number of benzene rings is 2. The molecule has 0 spiro atoms. The number of piperidine rings is 1. The number of likely N-dealkylation sites (tertiary alicyclic amines) is 1. The molecular weight excluding hydrogens is 426 g/mol. The van der Waals surface area contributed by atoms with Gasteiger partial charge in [0.05, 0.1) is 23.2 Å². The molecule has 2 aromatic carbocycles. The molecule has 2 aliphatic rings. The molecule has 166 valence electrons. The van der Waals surface area contributed by atoms with Gasteiger partial charge in [-0.2, -0.15) is 0 Å². The fourth-order valence-corrected chi connectivity index (χ4v) is 5.26. The maximum absolute atomic E-state index is 13.1. The molecule has 2 fully saturated rings. The van der Waals surface area contributed by atoms with Gasteiger partial charge in [0.2, 0.25) is 11.8 Å². The lowest BCUT2D eigenvalue weighted by molar-refractivity contribution is -0.137. The topological polar surface area (TPSA) is 72.0 Å². The van der Waals surface area contributed by atoms with Gasteiger partial charge >= 0.3 is 0 Å². The number of rotatable bonds is 5. The van der Waals surface area contributed by atoms with Crippen LogP contribution in [0.1, 0.15) is 19.3 Å². The quantitative estimate of drug-likeness (QED) is 0.591. The summed E-state index contributed by atoms with van der Waals surface area (Å²) in [4.78, 5) is 33.8. The Kier molecular flexibility index (Phi) is 5.70. The highest BCUT2D eigenvalue weighted by Gasteiger charge is 2.38. The van der Waals surface area contributed by atoms with Crippen molar-refractivity contribution in [3.63, 3.8) is 0 Å². The Labute approximate surface area is 190 Å². The number of anilines is 1. The highest BCUT2D eigenvalue weighted by molar-refractivity contribution is 7.20. The normalized spacial score (nSPS) is 19.5. The minimum absolute atomic E-state index is 0.0115. The molecule has 5 rings (SSSR count). The Morgan fingerprint density at radius 3 is 2.56 bits per heavy atom. The van der Waals surface area contributed by atoms with E-state index in [1.54, 1.807) is 23.3 Å². The third kappa shape index (κ3) is 4.14. The predicted molar refractivity (Wildman–Crippen MR) is 123 cm³/mol. The van der Waals surface area contributed by atoms with Crippen molar-refractivity contribution in [1.29, 1.82) is 0 Å². The molecule has 0 N–H and O–H groups in total. The molecular formula is C24H25N3O4S. The number of nitrogens with zero attached hydrogens (tertiary/aromatic N) is 3. The zero-order valence-electron chi connectivity index (χ0n) is 17.9. The highest BCUT2D eigenvalue weighted by atomic mass is 32.1. The second-order valence-electron chi connectivity index (χ2n) is 8.19. The number of amides is 2. The summed E-state index contributed by atoms with van der Waals surface area (Å²) in [6, 6.07) is 15.4. The molecule has 32 heavy (non-hydrogen) atoms. The van der Waals surface area contributed by atoms with Crippen molar-refractivity contribution < 1.29 is 19.1 Å². The summed E-state index contributed by atoms with van der Waals surface area (Å²) in [5, 5.41) is 0.687. The van der Waals surface area contributed by atoms with Gasteiger partial charge < -0.3 is 19.3 Å². The maximum Gasteiger partial charge on any atom is 0.274 e. The predicted octanol–water partition coefficient (Wildman–Crippen LogP) is 3.73. The van der Waals surface area contributed by atoms with Crippen molar-refractivity contribution in [2.24, 2.45) is 5.92 Å². The average Bonchev–Trinajstić information content (AvgIpc) is 3.42. The van der Waals surface area contributed by atoms with Crippen molar-refractivity contribution in [2.75, 3.05) is 31.6 Å². The number of hydrogen-bond donors (Lipinski definition) is 0. The SMILES string of the molecule is COc1ccc(N2CC(C(=O)N3CCC(Oc4nc5ccccc5s4)CC3)CC2=O)cc1. The third-order valence-electron chi connectivity index (χ3n) is 6.15. The van der Waals surface area contributed by atoms with E-state index in [9.17, 15) is 9.59 Å². The third-order valence-corrected chi connectivity index (χ3v) is 7.08. The average molecular weight is 452 g/mol. The Morgan fingerprint density at radius 2 is 1.84 bits per heavy atom. The number of ether oxygens (including phenoxy) is 2. The molecule has 0 saturated carbocycles. The van der Waals surface area contributed by atoms with Gasteiger partial charge in [-0.1, -0.05) is 23.5 Å². The van der Waals surface area contributed by atoms with Crippen LogP contribution in [0, 0.1) is 5.92 Å². The lowest BCUT2D eigenvalue weighted by Gasteiger charge is -2.33. The highest BCUT2D eigenvalue weighted by Crippen LogP contribution is 2.31. The lowest BCUT2D eigenvalue weighted by atomic mass is 10.0. The van der Waals surface area contributed by atoms with Gasteiger partial charge in [-0.05, 0) is 36.4 Å². The van der Waals surface area contributed by atoms with E-state index in [-0.39, 0.29) is 30.3 Å². The first-order valence-corrected chi connectivity index (χ1v) is 11.7. The van der Waals surface area contributed by atoms with Crippen LogP contribution in [0.15, 0.2) is 48.5 Å². The number of carbonyl (C=O) groups excluding carboxylic acids is 2. The molecule has 1 aromatic heterocycles. The lowest BCUT2D eigenvalue weighted by Crippen LogP contribution is -2.44. The Hall–Kier alpha value is -3.13. The van der Waals surface area contributed by atoms with E-state index in [2.05, 4.69) is 4.98 Å². The van der Waals surface area contributed by atoms with Crippen molar-refractivity contribution in [1.82, 2.24) is 9.88 Å². The van der Waals surface area contributed by atoms with Gasteiger partial charge in [0.15, 0.2) is 0 Å². The van der Waals surface area contributed by atoms with Gasteiger partial charge in [0.25, 0.3) is 5.19 Å². The molecule has 1 unspecified atom stereocenters. The minimum atomic E-state index is -0.300. The molecule has 0 radical (unpaired) electrons. The number of aromatic nitrogens is 1. The van der Waals surface area contributed by atoms with Crippen LogP contribution < -0.4 is 14.4 Å². The molecule has 2 aliphatic heterocycles. The van der Waals surface area contributed by atoms with E-state index in [1.807, 2.05) is 53.4 Å². The zero-order valence-corrected chi connectivity index (χ0v) is 18.7. The van der Waals surface area contributed by atoms with E-state index in [1.165, 1.54) is 0 Å². The van der Waals surface area contributed by atoms with Gasteiger partial charge in [-0.3, -0.25) is 9.59 Å². The van der Waals surface area contributed by atoms with Gasteiger partial charge in [-0.15, -0.1) is 0 Å². The zero-order chi connectivity index (χ0) is 22.1. The van der Waals surface area contributed by atoms with Crippen LogP contribution in [0.4, 0.5) is 5.69 Å². The molecule has 0 bridgehead atoms. The van der Waals surface area contributed by atoms with E-state index in [0.29, 0.717) is 24.8 Å². The number of fused-ring (bicyclic) bond motifs is 1. The summed E-state index contributed by atoms with van der Waals surface area (Å²) in [6.45, 7) is 1.70. The van der Waals surface area contributed by atoms with Crippen LogP contribution in [0.5, 0.6) is 10.9 Å². The summed E-state index contributed by atoms with van der Waals surface area (Å²) in [6.07, 6.45) is 1.85. The van der Waals surface area contributed by atoms with E-state index in [0.717, 1.165) is 34.5 Å². The Balaban J connectivity index is 1.16. The van der Waals surface area contributed by atoms with Crippen LogP contribution in [0.2, 0.25) is 0 Å². The molecule has 3 heterocycles. The molecule has 2 amide bonds. The second kappa shape index (κ2) is 8.78. The van der Waals surface area contributed by atoms with Crippen LogP contribution >= 0.6 is 11.3 Å². The number of hydrogen-bond acceptors (Lipinski definition) is 6. The summed E-state index contributed by atoms with van der Waals surface area (Å²) in [5.41, 5.74) is 1.75. The minimum Gasteiger partial charge on any atom is -0.497 e. The summed E-state index contributed by atoms with van der Waals surface area (Å²) in [7, 11) is 1.61. The van der Waals surface area contributed by atoms with E-state index < -0.39 is 0 Å². The van der Waals surface area contributed by atoms with Crippen LogP contribution in [-0.4, -0.2) is 54.5 Å². The molecule has 3 aromatic rings. The van der Waals surface area contributed by atoms with Gasteiger partial charge in [0.1, 0.15) is 11.9 Å². The fourth-order valence-electron chi connectivity index (χ4n) is 4.38. The van der Waals surface area contributed by atoms with Crippen LogP contribution in [0.3, 0.4) is 0 Å². The number of para-hydroxylation sites is 1. The van der Waals surface area contributed by atoms with Crippen LogP contribution in [0.25, 0.3) is 10.2 Å². The van der Waals surface area contributed by atoms with E-state index >= 15 is 0 Å². The van der Waals surface area contributed by atoms with Crippen molar-refractivity contribution in [2.45, 2.75) is 25.4 Å². The van der Waals surface area contributed by atoms with E-state index in [4.69, 9.17) is 9.47 Å². The molecule has 1 atom stereocenters. The summed E-state index contributed by atoms with van der Waals surface area (Å²) in [5.74, 6) is 0.491. The number of thiazole rings is 1. The smallest absolute Gasteiger partial charge is 0.274 e. The largest absolute Gasteiger partial charge is 0.497 e. The van der Waals surface area contributed by atoms with Crippen molar-refractivity contribution >= 4 is 39.1 Å². The first-order valence-electron chi connectivity index (χ1n) is 10.9. The summed E-state index contributed by atoms with van der Waals surface area (Å²) >= 11 is 1.55. The first-order chi connectivity index (χ1) is 15.6. The maximum atomic E-state index is 13.1.